The van der Waals surface area contributed by atoms with Gasteiger partial charge in [-0.1, -0.05) is 35.0 Å². The number of halogens is 1. The molecule has 1 atom stereocenters. The van der Waals surface area contributed by atoms with Crippen molar-refractivity contribution in [2.75, 3.05) is 13.1 Å². The first-order valence-electron chi connectivity index (χ1n) is 8.33. The lowest BCUT2D eigenvalue weighted by atomic mass is 10.0. The molecule has 126 valence electrons. The van der Waals surface area contributed by atoms with E-state index in [0.717, 1.165) is 36.0 Å². The minimum atomic E-state index is 0.00363. The largest absolute Gasteiger partial charge is 0.352 e. The van der Waals surface area contributed by atoms with Crippen LogP contribution in [0.25, 0.3) is 0 Å². The molecule has 0 aromatic heterocycles. The molecule has 0 aliphatic carbocycles. The van der Waals surface area contributed by atoms with Gasteiger partial charge in [0.1, 0.15) is 0 Å². The minimum absolute atomic E-state index is 0.00363. The van der Waals surface area contributed by atoms with Gasteiger partial charge in [-0.2, -0.15) is 0 Å². The molecule has 4 nitrogen and oxygen atoms in total. The van der Waals surface area contributed by atoms with Gasteiger partial charge in [0.25, 0.3) is 0 Å². The van der Waals surface area contributed by atoms with Gasteiger partial charge in [0.2, 0.25) is 11.8 Å². The van der Waals surface area contributed by atoms with Crippen molar-refractivity contribution in [3.63, 3.8) is 0 Å². The zero-order valence-electron chi connectivity index (χ0n) is 13.7. The van der Waals surface area contributed by atoms with Crippen LogP contribution in [0.4, 0.5) is 0 Å². The molecule has 2 rings (SSSR count). The monoisotopic (exact) mass is 380 g/mol. The molecule has 1 fully saturated rings. The van der Waals surface area contributed by atoms with Crippen LogP contribution >= 0.6 is 15.9 Å². The van der Waals surface area contributed by atoms with E-state index in [9.17, 15) is 9.59 Å². The van der Waals surface area contributed by atoms with Crippen molar-refractivity contribution in [2.45, 2.75) is 45.6 Å². The molecule has 1 aliphatic rings. The highest BCUT2D eigenvalue weighted by Gasteiger charge is 2.20. The van der Waals surface area contributed by atoms with E-state index >= 15 is 0 Å². The Bertz CT molecular complexity index is 542. The summed E-state index contributed by atoms with van der Waals surface area (Å²) in [5, 5.41) is 2.93. The second-order valence-electron chi connectivity index (χ2n) is 6.36. The van der Waals surface area contributed by atoms with Crippen LogP contribution in [0.3, 0.4) is 0 Å². The maximum Gasteiger partial charge on any atom is 0.222 e. The number of nitrogens with one attached hydrogen (secondary N) is 1. The zero-order valence-corrected chi connectivity index (χ0v) is 15.3. The summed E-state index contributed by atoms with van der Waals surface area (Å²) in [5.74, 6) is 0.271. The van der Waals surface area contributed by atoms with Crippen LogP contribution in [-0.4, -0.2) is 29.8 Å². The minimum Gasteiger partial charge on any atom is -0.352 e. The van der Waals surface area contributed by atoms with Gasteiger partial charge in [0.05, 0.1) is 0 Å². The zero-order chi connectivity index (χ0) is 16.7. The average Bonchev–Trinajstić information content (AvgIpc) is 2.53. The lowest BCUT2D eigenvalue weighted by Crippen LogP contribution is -2.36. The number of piperidine rings is 1. The number of benzene rings is 1. The number of hydrogen-bond donors (Lipinski definition) is 1. The third-order valence-electron chi connectivity index (χ3n) is 4.14. The molecule has 0 radical (unpaired) electrons. The fourth-order valence-corrected chi connectivity index (χ4v) is 3.33. The molecule has 1 aromatic rings. The van der Waals surface area contributed by atoms with Crippen molar-refractivity contribution in [2.24, 2.45) is 5.92 Å². The van der Waals surface area contributed by atoms with E-state index in [2.05, 4.69) is 21.2 Å². The average molecular weight is 381 g/mol. The van der Waals surface area contributed by atoms with Gasteiger partial charge < -0.3 is 10.2 Å². The normalized spacial score (nSPS) is 16.0. The molecule has 0 saturated carbocycles. The van der Waals surface area contributed by atoms with Gasteiger partial charge in [-0.15, -0.1) is 0 Å². The first-order chi connectivity index (χ1) is 11.0. The summed E-state index contributed by atoms with van der Waals surface area (Å²) in [6, 6.07) is 7.88. The van der Waals surface area contributed by atoms with Crippen LogP contribution in [0, 0.1) is 5.92 Å². The molecule has 1 heterocycles. The van der Waals surface area contributed by atoms with Gasteiger partial charge in [-0.3, -0.25) is 9.59 Å². The Kier molecular flexibility index (Phi) is 7.09. The molecular formula is C18H25BrN2O2. The smallest absolute Gasteiger partial charge is 0.222 e. The van der Waals surface area contributed by atoms with E-state index in [1.807, 2.05) is 36.1 Å². The Labute approximate surface area is 146 Å². The van der Waals surface area contributed by atoms with E-state index in [1.54, 1.807) is 0 Å². The second-order valence-corrected chi connectivity index (χ2v) is 7.28. The quantitative estimate of drug-likeness (QED) is 0.820. The summed E-state index contributed by atoms with van der Waals surface area (Å²) < 4.78 is 1.00. The van der Waals surface area contributed by atoms with Crippen molar-refractivity contribution in [1.29, 1.82) is 0 Å². The number of likely N-dealkylation sites (tertiary alicyclic amines) is 1. The lowest BCUT2D eigenvalue weighted by molar-refractivity contribution is -0.133. The predicted octanol–water partition coefficient (Wildman–Crippen LogP) is 3.49. The number of hydrogen-bond acceptors (Lipinski definition) is 2. The molecule has 1 aliphatic heterocycles. The highest BCUT2D eigenvalue weighted by Crippen LogP contribution is 2.15. The second kappa shape index (κ2) is 9.06. The van der Waals surface area contributed by atoms with Crippen molar-refractivity contribution in [3.8, 4) is 0 Å². The third-order valence-corrected chi connectivity index (χ3v) is 4.64. The van der Waals surface area contributed by atoms with Crippen LogP contribution in [0.15, 0.2) is 28.7 Å². The van der Waals surface area contributed by atoms with Gasteiger partial charge in [0, 0.05) is 36.9 Å². The van der Waals surface area contributed by atoms with E-state index in [0.29, 0.717) is 19.4 Å². The SMILES string of the molecule is CC(CC(=O)NCc1cccc(Br)c1)CC(=O)N1CCCCC1. The fraction of sp³-hybridized carbons (Fsp3) is 0.556. The standard InChI is InChI=1S/C18H25BrN2O2/c1-14(11-18(23)21-8-3-2-4-9-21)10-17(22)20-13-15-6-5-7-16(19)12-15/h5-7,12,14H,2-4,8-11,13H2,1H3,(H,20,22). The summed E-state index contributed by atoms with van der Waals surface area (Å²) in [5.41, 5.74) is 1.06. The fourth-order valence-electron chi connectivity index (χ4n) is 2.88. The van der Waals surface area contributed by atoms with Crippen molar-refractivity contribution in [1.82, 2.24) is 10.2 Å². The van der Waals surface area contributed by atoms with Crippen molar-refractivity contribution < 1.29 is 9.59 Å². The third kappa shape index (κ3) is 6.34. The van der Waals surface area contributed by atoms with Crippen LogP contribution in [0.5, 0.6) is 0 Å². The van der Waals surface area contributed by atoms with Crippen molar-refractivity contribution in [3.05, 3.63) is 34.3 Å². The molecule has 0 spiro atoms. The van der Waals surface area contributed by atoms with Crippen LogP contribution in [-0.2, 0) is 16.1 Å². The topological polar surface area (TPSA) is 49.4 Å². The maximum absolute atomic E-state index is 12.2. The summed E-state index contributed by atoms with van der Waals surface area (Å²) in [6.45, 7) is 4.24. The van der Waals surface area contributed by atoms with Gasteiger partial charge in [-0.05, 0) is 42.9 Å². The molecular weight excluding hydrogens is 356 g/mol. The summed E-state index contributed by atoms with van der Waals surface area (Å²) in [4.78, 5) is 26.2. The number of carbonyl (C=O) groups is 2. The maximum atomic E-state index is 12.2. The van der Waals surface area contributed by atoms with Crippen LogP contribution in [0.2, 0.25) is 0 Å². The number of carbonyl (C=O) groups excluding carboxylic acids is 2. The van der Waals surface area contributed by atoms with Crippen molar-refractivity contribution >= 4 is 27.7 Å². The molecule has 1 saturated heterocycles. The van der Waals surface area contributed by atoms with E-state index in [4.69, 9.17) is 0 Å². The predicted molar refractivity (Wildman–Crippen MR) is 94.8 cm³/mol. The number of rotatable bonds is 6. The van der Waals surface area contributed by atoms with Crippen LogP contribution < -0.4 is 5.32 Å². The lowest BCUT2D eigenvalue weighted by Gasteiger charge is -2.27. The molecule has 1 aromatic carbocycles. The summed E-state index contributed by atoms with van der Waals surface area (Å²) in [7, 11) is 0. The molecule has 23 heavy (non-hydrogen) atoms. The summed E-state index contributed by atoms with van der Waals surface area (Å²) >= 11 is 3.42. The first kappa shape index (κ1) is 18.0. The molecule has 5 heteroatoms. The van der Waals surface area contributed by atoms with Gasteiger partial charge in [-0.25, -0.2) is 0 Å². The summed E-state index contributed by atoms with van der Waals surface area (Å²) in [6.07, 6.45) is 4.29. The highest BCUT2D eigenvalue weighted by atomic mass is 79.9. The number of amides is 2. The Balaban J connectivity index is 1.70. The molecule has 2 amide bonds. The van der Waals surface area contributed by atoms with Gasteiger partial charge >= 0.3 is 0 Å². The molecule has 1 N–H and O–H groups in total. The van der Waals surface area contributed by atoms with E-state index < -0.39 is 0 Å². The Morgan fingerprint density at radius 1 is 1.22 bits per heavy atom. The van der Waals surface area contributed by atoms with E-state index in [1.165, 1.54) is 6.42 Å². The molecule has 1 unspecified atom stereocenters. The Morgan fingerprint density at radius 3 is 2.65 bits per heavy atom. The number of nitrogens with zero attached hydrogens (tertiary/aromatic N) is 1. The first-order valence-corrected chi connectivity index (χ1v) is 9.13. The van der Waals surface area contributed by atoms with E-state index in [-0.39, 0.29) is 17.7 Å². The van der Waals surface area contributed by atoms with Crippen LogP contribution in [0.1, 0.15) is 44.6 Å². The Morgan fingerprint density at radius 2 is 1.96 bits per heavy atom. The molecule has 0 bridgehead atoms. The Hall–Kier alpha value is -1.36. The van der Waals surface area contributed by atoms with Gasteiger partial charge in [0.15, 0.2) is 0 Å². The highest BCUT2D eigenvalue weighted by molar-refractivity contribution is 9.10.